The van der Waals surface area contributed by atoms with Crippen LogP contribution in [0.3, 0.4) is 0 Å². The van der Waals surface area contributed by atoms with Crippen LogP contribution in [-0.2, 0) is 30.8 Å². The molecule has 0 aliphatic carbocycles. The first kappa shape index (κ1) is 29.4. The van der Waals surface area contributed by atoms with Crippen molar-refractivity contribution in [2.75, 3.05) is 5.32 Å². The van der Waals surface area contributed by atoms with Crippen molar-refractivity contribution in [1.82, 2.24) is 29.9 Å². The summed E-state index contributed by atoms with van der Waals surface area (Å²) in [5.74, 6) is -1.39. The lowest BCUT2D eigenvalue weighted by molar-refractivity contribution is -0.274. The van der Waals surface area contributed by atoms with Gasteiger partial charge < -0.3 is 19.9 Å². The molecule has 0 radical (unpaired) electrons. The summed E-state index contributed by atoms with van der Waals surface area (Å²) in [4.78, 5) is 40.9. The number of nitrogens with one attached hydrogen (secondary N) is 2. The van der Waals surface area contributed by atoms with Crippen LogP contribution in [0.25, 0.3) is 0 Å². The molecule has 0 saturated carbocycles. The van der Waals surface area contributed by atoms with Crippen LogP contribution in [0.15, 0.2) is 65.2 Å². The van der Waals surface area contributed by atoms with Crippen LogP contribution >= 0.6 is 11.3 Å². The average Bonchev–Trinajstić information content (AvgIpc) is 3.58. The number of aryl methyl sites for hydroxylation is 1. The van der Waals surface area contributed by atoms with E-state index in [9.17, 15) is 31.9 Å². The van der Waals surface area contributed by atoms with Gasteiger partial charge in [-0.2, -0.15) is 0 Å². The molecule has 1 unspecified atom stereocenters. The number of pyridine rings is 1. The first-order valence-corrected chi connectivity index (χ1v) is 13.0. The quantitative estimate of drug-likeness (QED) is 0.241. The molecule has 0 spiro atoms. The molecular formula is C25H23F4N7O4S. The molecule has 2 N–H and O–H groups in total. The number of hydrogen-bond donors (Lipinski definition) is 2. The molecule has 11 nitrogen and oxygen atoms in total. The number of amides is 2. The molecule has 0 aliphatic heterocycles. The molecule has 4 aromatic rings. The van der Waals surface area contributed by atoms with E-state index in [1.54, 1.807) is 11.6 Å². The third kappa shape index (κ3) is 9.23. The molecule has 1 atom stereocenters. The topological polar surface area (TPSA) is 133 Å². The molecule has 0 aliphatic rings. The Kier molecular flexibility index (Phi) is 9.44. The fourth-order valence-electron chi connectivity index (χ4n) is 3.64. The minimum absolute atomic E-state index is 0.0343. The van der Waals surface area contributed by atoms with E-state index in [1.165, 1.54) is 52.6 Å². The SMILES string of the molecule is O=C(Cc1nccs1)Nc1ccn(CCC(F)Cn2cc(C(=O)NCc3cccc(OC(F)(F)F)c3)nn2)c(=O)c1. The fourth-order valence-corrected chi connectivity index (χ4v) is 4.26. The van der Waals surface area contributed by atoms with Gasteiger partial charge in [0, 0.05) is 42.6 Å². The van der Waals surface area contributed by atoms with Crippen LogP contribution < -0.4 is 20.9 Å². The monoisotopic (exact) mass is 593 g/mol. The van der Waals surface area contributed by atoms with E-state index in [1.807, 2.05) is 0 Å². The standard InChI is InChI=1S/C25H23F4N7O4S/c26-17(4-7-35-8-5-18(11-23(35)38)32-21(37)12-22-30-6-9-41-22)14-36-15-20(33-34-36)24(39)31-13-16-2-1-3-19(10-16)40-25(27,28)29/h1-3,5-6,8-11,15,17H,4,7,12-14H2,(H,31,39)(H,32,37). The molecule has 0 saturated heterocycles. The second-order valence-electron chi connectivity index (χ2n) is 8.69. The highest BCUT2D eigenvalue weighted by Crippen LogP contribution is 2.23. The van der Waals surface area contributed by atoms with Gasteiger partial charge in [0.1, 0.15) is 16.9 Å². The van der Waals surface area contributed by atoms with Crippen LogP contribution in [0.5, 0.6) is 5.75 Å². The van der Waals surface area contributed by atoms with E-state index in [0.717, 1.165) is 16.8 Å². The van der Waals surface area contributed by atoms with Gasteiger partial charge >= 0.3 is 6.36 Å². The normalized spacial score (nSPS) is 12.1. The Morgan fingerprint density at radius 1 is 1.17 bits per heavy atom. The summed E-state index contributed by atoms with van der Waals surface area (Å²) in [6.45, 7) is -0.265. The van der Waals surface area contributed by atoms with Crippen LogP contribution in [0.2, 0.25) is 0 Å². The van der Waals surface area contributed by atoms with Gasteiger partial charge in [0.05, 0.1) is 19.2 Å². The number of halogens is 4. The van der Waals surface area contributed by atoms with Gasteiger partial charge in [-0.1, -0.05) is 17.3 Å². The third-order valence-corrected chi connectivity index (χ3v) is 6.28. The number of hydrogen-bond acceptors (Lipinski definition) is 8. The predicted molar refractivity (Wildman–Crippen MR) is 139 cm³/mol. The lowest BCUT2D eigenvalue weighted by atomic mass is 10.2. The molecular weight excluding hydrogens is 570 g/mol. The van der Waals surface area contributed by atoms with Gasteiger partial charge in [0.15, 0.2) is 5.69 Å². The third-order valence-electron chi connectivity index (χ3n) is 5.50. The van der Waals surface area contributed by atoms with Crippen molar-refractivity contribution < 1.29 is 31.9 Å². The molecule has 1 aromatic carbocycles. The van der Waals surface area contributed by atoms with Crippen LogP contribution in [0.1, 0.15) is 27.5 Å². The number of rotatable bonds is 12. The van der Waals surface area contributed by atoms with Gasteiger partial charge in [0.25, 0.3) is 11.5 Å². The Hall–Kier alpha value is -4.60. The summed E-state index contributed by atoms with van der Waals surface area (Å²) in [6.07, 6.45) is -1.92. The van der Waals surface area contributed by atoms with E-state index in [0.29, 0.717) is 16.3 Å². The van der Waals surface area contributed by atoms with Gasteiger partial charge in [0.2, 0.25) is 5.91 Å². The summed E-state index contributed by atoms with van der Waals surface area (Å²) in [5, 5.41) is 15.0. The summed E-state index contributed by atoms with van der Waals surface area (Å²) >= 11 is 1.35. The van der Waals surface area contributed by atoms with Crippen molar-refractivity contribution in [2.45, 2.75) is 45.0 Å². The summed E-state index contributed by atoms with van der Waals surface area (Å²) in [5.41, 5.74) is 0.154. The highest BCUT2D eigenvalue weighted by molar-refractivity contribution is 7.09. The number of thiazole rings is 1. The van der Waals surface area contributed by atoms with Crippen LogP contribution in [0, 0.1) is 0 Å². The molecule has 3 heterocycles. The smallest absolute Gasteiger partial charge is 0.406 e. The average molecular weight is 594 g/mol. The molecule has 41 heavy (non-hydrogen) atoms. The number of alkyl halides is 4. The van der Waals surface area contributed by atoms with Gasteiger partial charge in [-0.05, 0) is 30.2 Å². The highest BCUT2D eigenvalue weighted by atomic mass is 32.1. The zero-order valence-corrected chi connectivity index (χ0v) is 22.0. The summed E-state index contributed by atoms with van der Waals surface area (Å²) in [6, 6.07) is 7.91. The van der Waals surface area contributed by atoms with Crippen molar-refractivity contribution in [3.8, 4) is 5.75 Å². The minimum atomic E-state index is -4.84. The van der Waals surface area contributed by atoms with Crippen molar-refractivity contribution in [1.29, 1.82) is 0 Å². The molecule has 216 valence electrons. The first-order valence-electron chi connectivity index (χ1n) is 12.1. The second kappa shape index (κ2) is 13.2. The number of benzene rings is 1. The zero-order valence-electron chi connectivity index (χ0n) is 21.2. The maximum Gasteiger partial charge on any atom is 0.573 e. The Morgan fingerprint density at radius 2 is 2.00 bits per heavy atom. The fraction of sp³-hybridized carbons (Fsp3) is 0.280. The van der Waals surface area contributed by atoms with E-state index >= 15 is 0 Å². The summed E-state index contributed by atoms with van der Waals surface area (Å²) < 4.78 is 58.1. The van der Waals surface area contributed by atoms with Crippen molar-refractivity contribution in [3.63, 3.8) is 0 Å². The number of anilines is 1. The molecule has 4 rings (SSSR count). The largest absolute Gasteiger partial charge is 0.573 e. The van der Waals surface area contributed by atoms with E-state index < -0.39 is 29.7 Å². The maximum atomic E-state index is 14.6. The minimum Gasteiger partial charge on any atom is -0.406 e. The van der Waals surface area contributed by atoms with E-state index in [2.05, 4.69) is 30.7 Å². The molecule has 3 aromatic heterocycles. The number of carbonyl (C=O) groups excluding carboxylic acids is 2. The van der Waals surface area contributed by atoms with Gasteiger partial charge in [-0.3, -0.25) is 14.4 Å². The Bertz CT molecular complexity index is 1540. The number of carbonyl (C=O) groups is 2. The summed E-state index contributed by atoms with van der Waals surface area (Å²) in [7, 11) is 0. The number of aromatic nitrogens is 5. The lowest BCUT2D eigenvalue weighted by Gasteiger charge is -2.11. The Morgan fingerprint density at radius 3 is 2.73 bits per heavy atom. The Labute approximate surface area is 233 Å². The maximum absolute atomic E-state index is 14.6. The number of ether oxygens (including phenoxy) is 1. The molecule has 2 amide bonds. The van der Waals surface area contributed by atoms with Crippen molar-refractivity contribution in [2.24, 2.45) is 0 Å². The van der Waals surface area contributed by atoms with Crippen LogP contribution in [0.4, 0.5) is 23.2 Å². The first-order chi connectivity index (χ1) is 19.5. The second-order valence-corrected chi connectivity index (χ2v) is 9.67. The predicted octanol–water partition coefficient (Wildman–Crippen LogP) is 3.33. The van der Waals surface area contributed by atoms with E-state index in [4.69, 9.17) is 0 Å². The Balaban J connectivity index is 1.22. The number of nitrogens with zero attached hydrogens (tertiary/aromatic N) is 5. The lowest BCUT2D eigenvalue weighted by Crippen LogP contribution is -2.24. The van der Waals surface area contributed by atoms with Gasteiger partial charge in [-0.15, -0.1) is 29.6 Å². The van der Waals surface area contributed by atoms with Gasteiger partial charge in [-0.25, -0.2) is 14.1 Å². The molecule has 0 bridgehead atoms. The molecule has 0 fully saturated rings. The van der Waals surface area contributed by atoms with Crippen molar-refractivity contribution >= 4 is 28.8 Å². The molecule has 16 heteroatoms. The zero-order chi connectivity index (χ0) is 29.4. The highest BCUT2D eigenvalue weighted by Gasteiger charge is 2.31. The van der Waals surface area contributed by atoms with Crippen LogP contribution in [-0.4, -0.2) is 48.9 Å². The van der Waals surface area contributed by atoms with Crippen molar-refractivity contribution in [3.05, 3.63) is 87.0 Å². The van der Waals surface area contributed by atoms with E-state index in [-0.39, 0.29) is 44.1 Å².